The molecule has 16 heavy (non-hydrogen) atoms. The lowest BCUT2D eigenvalue weighted by Gasteiger charge is -2.13. The Morgan fingerprint density at radius 3 is 2.94 bits per heavy atom. The van der Waals surface area contributed by atoms with Crippen molar-refractivity contribution in [1.29, 1.82) is 0 Å². The Balaban J connectivity index is 2.26. The van der Waals surface area contributed by atoms with E-state index in [1.807, 2.05) is 0 Å². The predicted molar refractivity (Wildman–Crippen MR) is 67.1 cm³/mol. The molecule has 0 radical (unpaired) electrons. The molecular formula is C14H21NO. The van der Waals surface area contributed by atoms with Crippen LogP contribution in [0.25, 0.3) is 0 Å². The third-order valence-corrected chi connectivity index (χ3v) is 3.45. The number of rotatable bonds is 4. The average Bonchev–Trinajstić information content (AvgIpc) is 2.71. The summed E-state index contributed by atoms with van der Waals surface area (Å²) >= 11 is 0. The fourth-order valence-corrected chi connectivity index (χ4v) is 2.19. The molecule has 1 aromatic carbocycles. The summed E-state index contributed by atoms with van der Waals surface area (Å²) in [7, 11) is 0. The smallest absolute Gasteiger partial charge is 0.124 e. The molecule has 2 heteroatoms. The maximum Gasteiger partial charge on any atom is 0.124 e. The number of likely N-dealkylation sites (N-methyl/N-ethyl adjacent to an activating group) is 1. The number of ether oxygens (including phenoxy) is 1. The van der Waals surface area contributed by atoms with Gasteiger partial charge in [-0.25, -0.2) is 0 Å². The van der Waals surface area contributed by atoms with Crippen LogP contribution in [-0.2, 0) is 0 Å². The molecule has 2 unspecified atom stereocenters. The highest BCUT2D eigenvalue weighted by Gasteiger charge is 2.23. The van der Waals surface area contributed by atoms with Crippen LogP contribution in [-0.4, -0.2) is 13.2 Å². The minimum atomic E-state index is 0.379. The Labute approximate surface area is 98.0 Å². The van der Waals surface area contributed by atoms with Gasteiger partial charge in [0.15, 0.2) is 0 Å². The maximum atomic E-state index is 5.67. The molecule has 1 heterocycles. The van der Waals surface area contributed by atoms with Crippen molar-refractivity contribution in [3.05, 3.63) is 29.3 Å². The Kier molecular flexibility index (Phi) is 3.49. The van der Waals surface area contributed by atoms with Crippen molar-refractivity contribution >= 4 is 0 Å². The second-order valence-corrected chi connectivity index (χ2v) is 4.53. The van der Waals surface area contributed by atoms with Crippen molar-refractivity contribution in [1.82, 2.24) is 5.32 Å². The summed E-state index contributed by atoms with van der Waals surface area (Å²) in [4.78, 5) is 0. The number of hydrogen-bond donors (Lipinski definition) is 1. The lowest BCUT2D eigenvalue weighted by Crippen LogP contribution is -2.21. The lowest BCUT2D eigenvalue weighted by atomic mass is 9.95. The van der Waals surface area contributed by atoms with Crippen molar-refractivity contribution < 1.29 is 4.74 Å². The molecule has 88 valence electrons. The van der Waals surface area contributed by atoms with Crippen LogP contribution >= 0.6 is 0 Å². The van der Waals surface area contributed by atoms with Gasteiger partial charge in [0, 0.05) is 5.56 Å². The monoisotopic (exact) mass is 219 g/mol. The van der Waals surface area contributed by atoms with Gasteiger partial charge in [0.2, 0.25) is 0 Å². The summed E-state index contributed by atoms with van der Waals surface area (Å²) in [6.45, 7) is 8.40. The van der Waals surface area contributed by atoms with E-state index < -0.39 is 0 Å². The fourth-order valence-electron chi connectivity index (χ4n) is 2.19. The van der Waals surface area contributed by atoms with Crippen LogP contribution in [0.1, 0.15) is 50.3 Å². The first kappa shape index (κ1) is 11.5. The summed E-state index contributed by atoms with van der Waals surface area (Å²) in [5, 5.41) is 3.46. The van der Waals surface area contributed by atoms with Crippen LogP contribution in [0, 0.1) is 0 Å². The first-order chi connectivity index (χ1) is 7.76. The molecular weight excluding hydrogens is 198 g/mol. The van der Waals surface area contributed by atoms with Crippen molar-refractivity contribution in [2.75, 3.05) is 13.2 Å². The third-order valence-electron chi connectivity index (χ3n) is 3.45. The van der Waals surface area contributed by atoms with E-state index in [4.69, 9.17) is 4.74 Å². The van der Waals surface area contributed by atoms with Gasteiger partial charge in [-0.2, -0.15) is 0 Å². The van der Waals surface area contributed by atoms with Gasteiger partial charge in [-0.15, -0.1) is 0 Å². The van der Waals surface area contributed by atoms with Gasteiger partial charge in [0.1, 0.15) is 12.4 Å². The molecule has 1 aliphatic heterocycles. The highest BCUT2D eigenvalue weighted by molar-refractivity contribution is 5.43. The van der Waals surface area contributed by atoms with Crippen molar-refractivity contribution in [3.63, 3.8) is 0 Å². The minimum absolute atomic E-state index is 0.379. The van der Waals surface area contributed by atoms with Crippen LogP contribution in [0.5, 0.6) is 5.75 Å². The molecule has 2 nitrogen and oxygen atoms in total. The predicted octanol–water partition coefficient (Wildman–Crippen LogP) is 3.24. The molecule has 0 saturated carbocycles. The van der Waals surface area contributed by atoms with Crippen LogP contribution in [0.3, 0.4) is 0 Å². The molecule has 1 aliphatic rings. The number of hydrogen-bond acceptors (Lipinski definition) is 2. The van der Waals surface area contributed by atoms with Gasteiger partial charge in [-0.1, -0.05) is 32.9 Å². The van der Waals surface area contributed by atoms with Gasteiger partial charge in [0.25, 0.3) is 0 Å². The number of benzene rings is 1. The molecule has 0 bridgehead atoms. The van der Waals surface area contributed by atoms with Crippen LogP contribution in [0.15, 0.2) is 18.2 Å². The van der Waals surface area contributed by atoms with Crippen LogP contribution in [0.4, 0.5) is 0 Å². The van der Waals surface area contributed by atoms with Crippen molar-refractivity contribution in [3.8, 4) is 5.75 Å². The highest BCUT2D eigenvalue weighted by Crippen LogP contribution is 2.35. The highest BCUT2D eigenvalue weighted by atomic mass is 16.5. The SMILES string of the molecule is CCNC1COc2ccc(C(C)CC)cc21. The second-order valence-electron chi connectivity index (χ2n) is 4.53. The Hall–Kier alpha value is -1.02. The van der Waals surface area contributed by atoms with Gasteiger partial charge in [-0.3, -0.25) is 0 Å². The summed E-state index contributed by atoms with van der Waals surface area (Å²) in [6.07, 6.45) is 1.19. The molecule has 0 spiro atoms. The molecule has 1 aromatic rings. The summed E-state index contributed by atoms with van der Waals surface area (Å²) < 4.78 is 5.67. The molecule has 0 saturated heterocycles. The van der Waals surface area contributed by atoms with Crippen LogP contribution in [0.2, 0.25) is 0 Å². The van der Waals surface area contributed by atoms with E-state index in [1.165, 1.54) is 17.5 Å². The number of nitrogens with one attached hydrogen (secondary N) is 1. The average molecular weight is 219 g/mol. The van der Waals surface area contributed by atoms with Crippen molar-refractivity contribution in [2.24, 2.45) is 0 Å². The quantitative estimate of drug-likeness (QED) is 0.839. The molecule has 2 rings (SSSR count). The molecule has 0 amide bonds. The zero-order valence-electron chi connectivity index (χ0n) is 10.4. The van der Waals surface area contributed by atoms with Gasteiger partial charge >= 0.3 is 0 Å². The Morgan fingerprint density at radius 2 is 2.25 bits per heavy atom. The zero-order valence-corrected chi connectivity index (χ0v) is 10.4. The summed E-state index contributed by atoms with van der Waals surface area (Å²) in [6, 6.07) is 7.00. The van der Waals surface area contributed by atoms with Crippen molar-refractivity contribution in [2.45, 2.75) is 39.2 Å². The summed E-state index contributed by atoms with van der Waals surface area (Å²) in [5.41, 5.74) is 2.76. The molecule has 2 atom stereocenters. The lowest BCUT2D eigenvalue weighted by molar-refractivity contribution is 0.313. The van der Waals surface area contributed by atoms with E-state index in [0.717, 1.165) is 18.9 Å². The summed E-state index contributed by atoms with van der Waals surface area (Å²) in [5.74, 6) is 1.69. The van der Waals surface area contributed by atoms with Gasteiger partial charge in [-0.05, 0) is 30.5 Å². The Morgan fingerprint density at radius 1 is 1.44 bits per heavy atom. The van der Waals surface area contributed by atoms with Crippen LogP contribution < -0.4 is 10.1 Å². The van der Waals surface area contributed by atoms with E-state index in [1.54, 1.807) is 0 Å². The standard InChI is InChI=1S/C14H21NO/c1-4-10(3)11-6-7-14-12(8-11)13(9-16-14)15-5-2/h6-8,10,13,15H,4-5,9H2,1-3H3. The normalized spacial score (nSPS) is 20.3. The maximum absolute atomic E-state index is 5.67. The van der Waals surface area contributed by atoms with E-state index in [9.17, 15) is 0 Å². The van der Waals surface area contributed by atoms with E-state index >= 15 is 0 Å². The second kappa shape index (κ2) is 4.88. The Bertz CT molecular complexity index is 360. The molecule has 1 N–H and O–H groups in total. The first-order valence-corrected chi connectivity index (χ1v) is 6.26. The third kappa shape index (κ3) is 2.07. The number of fused-ring (bicyclic) bond motifs is 1. The molecule has 0 fully saturated rings. The molecule has 0 aliphatic carbocycles. The fraction of sp³-hybridized carbons (Fsp3) is 0.571. The van der Waals surface area contributed by atoms with E-state index in [0.29, 0.717) is 12.0 Å². The zero-order chi connectivity index (χ0) is 11.5. The largest absolute Gasteiger partial charge is 0.491 e. The first-order valence-electron chi connectivity index (χ1n) is 6.26. The molecule has 0 aromatic heterocycles. The van der Waals surface area contributed by atoms with Gasteiger partial charge < -0.3 is 10.1 Å². The van der Waals surface area contributed by atoms with E-state index in [2.05, 4.69) is 44.3 Å². The topological polar surface area (TPSA) is 21.3 Å². The van der Waals surface area contributed by atoms with Gasteiger partial charge in [0.05, 0.1) is 6.04 Å². The van der Waals surface area contributed by atoms with E-state index in [-0.39, 0.29) is 0 Å². The minimum Gasteiger partial charge on any atom is -0.491 e.